The molecule has 1 atom stereocenters. The van der Waals surface area contributed by atoms with Crippen LogP contribution in [0.25, 0.3) is 0 Å². The standard InChI is InChI=1S/C75H124O6/c1-4-7-10-13-16-19-22-24-26-28-30-32-34-36-37-39-40-42-44-46-48-50-53-56-59-62-65-68-74(77)80-71-72(70-79-73(76)67-64-61-58-55-52-21-18-15-12-9-6-3)81-75(78)69-66-63-60-57-54-51-49-47-45-43-41-38-35-33-31-29-27-25-23-20-17-14-11-8-5-2/h7-8,10-11,16-17,19-20,24-27,30-33,36-38,41,45,47,72H,4-6,9,12-15,18,21-23,28-29,34-35,39-40,42-44,46,48-71H2,1-3H3/b10-7-,11-8-,19-16-,20-17-,26-24-,27-25-,32-30-,33-31-,37-36-,41-38-,47-45-. The number of unbranched alkanes of at least 4 members (excludes halogenated alkanes) is 27. The number of ether oxygens (including phenoxy) is 3. The highest BCUT2D eigenvalue weighted by Crippen LogP contribution is 2.16. The highest BCUT2D eigenvalue weighted by atomic mass is 16.6. The van der Waals surface area contributed by atoms with Crippen LogP contribution in [0.2, 0.25) is 0 Å². The normalized spacial score (nSPS) is 13.0. The molecule has 0 aromatic rings. The Kier molecular flexibility index (Phi) is 64.3. The molecule has 0 saturated carbocycles. The van der Waals surface area contributed by atoms with Gasteiger partial charge in [-0.25, -0.2) is 0 Å². The van der Waals surface area contributed by atoms with Crippen molar-refractivity contribution in [3.05, 3.63) is 134 Å². The number of hydrogen-bond donors (Lipinski definition) is 0. The number of allylic oxidation sites excluding steroid dienone is 22. The first-order valence-corrected chi connectivity index (χ1v) is 33.7. The van der Waals surface area contributed by atoms with Crippen LogP contribution in [0.3, 0.4) is 0 Å². The summed E-state index contributed by atoms with van der Waals surface area (Å²) in [5.41, 5.74) is 0. The monoisotopic (exact) mass is 1120 g/mol. The molecule has 0 radical (unpaired) electrons. The Morgan fingerprint density at radius 3 is 0.753 bits per heavy atom. The largest absolute Gasteiger partial charge is 0.462 e. The number of esters is 3. The van der Waals surface area contributed by atoms with Crippen LogP contribution in [0.4, 0.5) is 0 Å². The number of rotatable bonds is 60. The van der Waals surface area contributed by atoms with Crippen LogP contribution in [0.1, 0.15) is 303 Å². The molecule has 0 aromatic heterocycles. The molecule has 81 heavy (non-hydrogen) atoms. The van der Waals surface area contributed by atoms with E-state index in [9.17, 15) is 14.4 Å². The summed E-state index contributed by atoms with van der Waals surface area (Å²) in [6.07, 6.45) is 96.0. The van der Waals surface area contributed by atoms with Gasteiger partial charge in [0.25, 0.3) is 0 Å². The van der Waals surface area contributed by atoms with E-state index in [2.05, 4.69) is 154 Å². The lowest BCUT2D eigenvalue weighted by molar-refractivity contribution is -0.167. The Hall–Kier alpha value is -4.45. The van der Waals surface area contributed by atoms with Crippen LogP contribution in [-0.4, -0.2) is 37.2 Å². The van der Waals surface area contributed by atoms with Gasteiger partial charge in [0.2, 0.25) is 0 Å². The summed E-state index contributed by atoms with van der Waals surface area (Å²) in [7, 11) is 0. The van der Waals surface area contributed by atoms with Crippen molar-refractivity contribution in [2.75, 3.05) is 13.2 Å². The fraction of sp³-hybridized carbons (Fsp3) is 0.667. The van der Waals surface area contributed by atoms with Gasteiger partial charge in [-0.1, -0.05) is 302 Å². The van der Waals surface area contributed by atoms with Crippen LogP contribution in [0, 0.1) is 0 Å². The third kappa shape index (κ3) is 66.2. The molecule has 0 saturated heterocycles. The van der Waals surface area contributed by atoms with Crippen molar-refractivity contribution in [3.63, 3.8) is 0 Å². The van der Waals surface area contributed by atoms with E-state index in [1.54, 1.807) is 0 Å². The van der Waals surface area contributed by atoms with Crippen molar-refractivity contribution >= 4 is 17.9 Å². The van der Waals surface area contributed by atoms with Gasteiger partial charge >= 0.3 is 17.9 Å². The Balaban J connectivity index is 4.32. The molecule has 6 heteroatoms. The lowest BCUT2D eigenvalue weighted by Crippen LogP contribution is -2.30. The number of carbonyl (C=O) groups excluding carboxylic acids is 3. The summed E-state index contributed by atoms with van der Waals surface area (Å²) in [4.78, 5) is 38.3. The average molecular weight is 1120 g/mol. The molecule has 0 spiro atoms. The van der Waals surface area contributed by atoms with Gasteiger partial charge in [0, 0.05) is 19.3 Å². The van der Waals surface area contributed by atoms with E-state index >= 15 is 0 Å². The van der Waals surface area contributed by atoms with Crippen molar-refractivity contribution in [2.24, 2.45) is 0 Å². The van der Waals surface area contributed by atoms with E-state index in [1.807, 2.05) is 0 Å². The zero-order valence-corrected chi connectivity index (χ0v) is 52.8. The van der Waals surface area contributed by atoms with Crippen LogP contribution in [0.15, 0.2) is 134 Å². The SMILES string of the molecule is CC/C=C\C/C=C\C/C=C\C/C=C\C/C=C\C/C=C\CCCCCCCCC(=O)OC(COC(=O)CCCCCCCCCCCCC)COC(=O)CCCCCCCCCCCCC/C=C\C/C=C\C/C=C\C/C=C\C/C=C\CC. The zero-order chi connectivity index (χ0) is 58.5. The van der Waals surface area contributed by atoms with E-state index in [0.717, 1.165) is 141 Å². The first-order chi connectivity index (χ1) is 40.0. The van der Waals surface area contributed by atoms with Crippen LogP contribution < -0.4 is 0 Å². The molecular formula is C75H124O6. The molecule has 0 aliphatic heterocycles. The van der Waals surface area contributed by atoms with Gasteiger partial charge in [0.05, 0.1) is 0 Å². The van der Waals surface area contributed by atoms with Gasteiger partial charge < -0.3 is 14.2 Å². The minimum absolute atomic E-state index is 0.0856. The minimum atomic E-state index is -0.791. The predicted molar refractivity (Wildman–Crippen MR) is 353 cm³/mol. The summed E-state index contributed by atoms with van der Waals surface area (Å²) in [6, 6.07) is 0. The minimum Gasteiger partial charge on any atom is -0.462 e. The molecule has 0 heterocycles. The van der Waals surface area contributed by atoms with Crippen LogP contribution in [-0.2, 0) is 28.6 Å². The Morgan fingerprint density at radius 2 is 0.481 bits per heavy atom. The maximum absolute atomic E-state index is 12.9. The summed E-state index contributed by atoms with van der Waals surface area (Å²) in [6.45, 7) is 6.41. The third-order valence-electron chi connectivity index (χ3n) is 14.2. The molecule has 0 aliphatic rings. The summed E-state index contributed by atoms with van der Waals surface area (Å²) in [5.74, 6) is -0.898. The molecular weight excluding hydrogens is 997 g/mol. The quantitative estimate of drug-likeness (QED) is 0.0261. The second-order valence-corrected chi connectivity index (χ2v) is 22.0. The molecule has 0 aromatic carbocycles. The van der Waals surface area contributed by atoms with Gasteiger partial charge in [-0.3, -0.25) is 14.4 Å². The van der Waals surface area contributed by atoms with Gasteiger partial charge in [-0.15, -0.1) is 0 Å². The van der Waals surface area contributed by atoms with Gasteiger partial charge in [0.1, 0.15) is 13.2 Å². The number of carbonyl (C=O) groups is 3. The zero-order valence-electron chi connectivity index (χ0n) is 52.8. The molecule has 6 nitrogen and oxygen atoms in total. The summed E-state index contributed by atoms with van der Waals surface area (Å²) < 4.78 is 16.9. The highest BCUT2D eigenvalue weighted by molar-refractivity contribution is 5.71. The van der Waals surface area contributed by atoms with Gasteiger partial charge in [0.15, 0.2) is 6.10 Å². The first kappa shape index (κ1) is 76.5. The maximum Gasteiger partial charge on any atom is 0.306 e. The third-order valence-corrected chi connectivity index (χ3v) is 14.2. The first-order valence-electron chi connectivity index (χ1n) is 33.7. The van der Waals surface area contributed by atoms with Crippen LogP contribution >= 0.6 is 0 Å². The van der Waals surface area contributed by atoms with Crippen molar-refractivity contribution in [1.82, 2.24) is 0 Å². The van der Waals surface area contributed by atoms with Gasteiger partial charge in [-0.05, 0) is 116 Å². The van der Waals surface area contributed by atoms with Crippen molar-refractivity contribution < 1.29 is 28.6 Å². The lowest BCUT2D eigenvalue weighted by Gasteiger charge is -2.18. The topological polar surface area (TPSA) is 78.9 Å². The Bertz CT molecular complexity index is 1720. The average Bonchev–Trinajstić information content (AvgIpc) is 3.47. The molecule has 460 valence electrons. The van der Waals surface area contributed by atoms with E-state index in [0.29, 0.717) is 19.3 Å². The van der Waals surface area contributed by atoms with Crippen molar-refractivity contribution in [2.45, 2.75) is 309 Å². The smallest absolute Gasteiger partial charge is 0.306 e. The predicted octanol–water partition coefficient (Wildman–Crippen LogP) is 23.3. The lowest BCUT2D eigenvalue weighted by atomic mass is 10.0. The second-order valence-electron chi connectivity index (χ2n) is 22.0. The molecule has 0 amide bonds. The molecule has 0 N–H and O–H groups in total. The van der Waals surface area contributed by atoms with E-state index in [1.165, 1.54) is 122 Å². The van der Waals surface area contributed by atoms with E-state index < -0.39 is 6.10 Å². The van der Waals surface area contributed by atoms with E-state index in [4.69, 9.17) is 14.2 Å². The molecule has 0 rings (SSSR count). The van der Waals surface area contributed by atoms with Crippen molar-refractivity contribution in [1.29, 1.82) is 0 Å². The molecule has 1 unspecified atom stereocenters. The highest BCUT2D eigenvalue weighted by Gasteiger charge is 2.19. The summed E-state index contributed by atoms with van der Waals surface area (Å²) in [5, 5.41) is 0. The number of hydrogen-bond acceptors (Lipinski definition) is 6. The Labute approximate surface area is 500 Å². The Morgan fingerprint density at radius 1 is 0.259 bits per heavy atom. The fourth-order valence-corrected chi connectivity index (χ4v) is 9.18. The maximum atomic E-state index is 12.9. The van der Waals surface area contributed by atoms with Crippen molar-refractivity contribution in [3.8, 4) is 0 Å². The molecule has 0 fully saturated rings. The fourth-order valence-electron chi connectivity index (χ4n) is 9.18. The van der Waals surface area contributed by atoms with Gasteiger partial charge in [-0.2, -0.15) is 0 Å². The van der Waals surface area contributed by atoms with E-state index in [-0.39, 0.29) is 31.1 Å². The molecule has 0 bridgehead atoms. The van der Waals surface area contributed by atoms with Crippen LogP contribution in [0.5, 0.6) is 0 Å². The molecule has 0 aliphatic carbocycles. The second kappa shape index (κ2) is 68.1. The summed E-state index contributed by atoms with van der Waals surface area (Å²) >= 11 is 0.